The zero-order valence-electron chi connectivity index (χ0n) is 10.9. The molecule has 3 rings (SSSR count). The van der Waals surface area contributed by atoms with Gasteiger partial charge in [-0.15, -0.1) is 0 Å². The van der Waals surface area contributed by atoms with E-state index in [4.69, 9.17) is 4.52 Å². The lowest BCUT2D eigenvalue weighted by atomic mass is 9.97. The fourth-order valence-electron chi connectivity index (χ4n) is 2.60. The number of benzene rings is 1. The number of aromatic nitrogens is 1. The van der Waals surface area contributed by atoms with E-state index in [1.165, 1.54) is 38.7 Å². The fraction of sp³-hybridized carbons (Fsp3) is 0.400. The van der Waals surface area contributed by atoms with Gasteiger partial charge in [0.1, 0.15) is 5.69 Å². The highest BCUT2D eigenvalue weighted by Crippen LogP contribution is 2.45. The summed E-state index contributed by atoms with van der Waals surface area (Å²) in [5.74, 6) is 1.70. The minimum Gasteiger partial charge on any atom is -0.359 e. The summed E-state index contributed by atoms with van der Waals surface area (Å²) in [5, 5.41) is 4.32. The predicted molar refractivity (Wildman–Crippen MR) is 80.8 cm³/mol. The second kappa shape index (κ2) is 4.37. The second-order valence-electron chi connectivity index (χ2n) is 5.26. The Hall–Kier alpha value is -0.840. The van der Waals surface area contributed by atoms with Crippen LogP contribution in [-0.2, 0) is 0 Å². The van der Waals surface area contributed by atoms with Crippen LogP contribution < -0.4 is 0 Å². The zero-order valence-corrected chi connectivity index (χ0v) is 13.0. The first-order chi connectivity index (χ1) is 8.58. The third kappa shape index (κ3) is 1.98. The Bertz CT molecular complexity index is 588. The molecular weight excluding hydrogens is 337 g/mol. The number of aryl methyl sites for hydroxylation is 3. The van der Waals surface area contributed by atoms with Crippen LogP contribution in [0, 0.1) is 24.3 Å². The van der Waals surface area contributed by atoms with E-state index in [2.05, 4.69) is 60.7 Å². The van der Waals surface area contributed by atoms with Crippen molar-refractivity contribution >= 4 is 22.6 Å². The van der Waals surface area contributed by atoms with Gasteiger partial charge in [0.05, 0.1) is 3.57 Å². The van der Waals surface area contributed by atoms with Crippen LogP contribution in [0.25, 0.3) is 11.3 Å². The highest BCUT2D eigenvalue weighted by atomic mass is 127. The van der Waals surface area contributed by atoms with Gasteiger partial charge in [-0.2, -0.15) is 0 Å². The van der Waals surface area contributed by atoms with E-state index in [0.717, 1.165) is 11.5 Å². The van der Waals surface area contributed by atoms with Gasteiger partial charge in [-0.1, -0.05) is 22.9 Å². The Balaban J connectivity index is 2.15. The molecule has 3 heteroatoms. The summed E-state index contributed by atoms with van der Waals surface area (Å²) >= 11 is 2.38. The largest absolute Gasteiger partial charge is 0.359 e. The highest BCUT2D eigenvalue weighted by Gasteiger charge is 2.32. The lowest BCUT2D eigenvalue weighted by Crippen LogP contribution is -1.92. The molecule has 0 saturated heterocycles. The van der Waals surface area contributed by atoms with Crippen LogP contribution in [-0.4, -0.2) is 5.16 Å². The molecule has 0 amide bonds. The summed E-state index contributed by atoms with van der Waals surface area (Å²) in [6.07, 6.45) is 2.49. The van der Waals surface area contributed by atoms with Crippen molar-refractivity contribution in [3.8, 4) is 11.3 Å². The highest BCUT2D eigenvalue weighted by molar-refractivity contribution is 14.1. The average Bonchev–Trinajstić information content (AvgIpc) is 3.04. The van der Waals surface area contributed by atoms with Gasteiger partial charge >= 0.3 is 0 Å². The summed E-state index contributed by atoms with van der Waals surface area (Å²) in [6.45, 7) is 6.43. The first-order valence-electron chi connectivity index (χ1n) is 6.31. The molecule has 1 aliphatic carbocycles. The van der Waals surface area contributed by atoms with Crippen LogP contribution in [0.4, 0.5) is 0 Å². The number of rotatable bonds is 2. The maximum Gasteiger partial charge on any atom is 0.153 e. The van der Waals surface area contributed by atoms with Crippen molar-refractivity contribution in [2.75, 3.05) is 0 Å². The van der Waals surface area contributed by atoms with Crippen LogP contribution in [0.1, 0.15) is 41.2 Å². The van der Waals surface area contributed by atoms with Crippen molar-refractivity contribution in [2.45, 2.75) is 39.5 Å². The lowest BCUT2D eigenvalue weighted by Gasteiger charge is -2.08. The Kier molecular flexibility index (Phi) is 2.96. The Morgan fingerprint density at radius 2 is 1.78 bits per heavy atom. The van der Waals surface area contributed by atoms with Crippen molar-refractivity contribution < 1.29 is 4.52 Å². The van der Waals surface area contributed by atoms with Crippen LogP contribution in [0.2, 0.25) is 0 Å². The minimum absolute atomic E-state index is 0.615. The summed E-state index contributed by atoms with van der Waals surface area (Å²) < 4.78 is 6.76. The van der Waals surface area contributed by atoms with Gasteiger partial charge in [-0.05, 0) is 67.3 Å². The molecule has 0 atom stereocenters. The third-order valence-electron chi connectivity index (χ3n) is 3.52. The van der Waals surface area contributed by atoms with Crippen molar-refractivity contribution in [1.29, 1.82) is 0 Å². The molecule has 2 aromatic rings. The smallest absolute Gasteiger partial charge is 0.153 e. The molecule has 18 heavy (non-hydrogen) atoms. The van der Waals surface area contributed by atoms with E-state index < -0.39 is 0 Å². The number of nitrogens with zero attached hydrogens (tertiary/aromatic N) is 1. The van der Waals surface area contributed by atoms with Gasteiger partial charge in [0, 0.05) is 11.5 Å². The lowest BCUT2D eigenvalue weighted by molar-refractivity contribution is 0.385. The Labute approximate surface area is 121 Å². The Morgan fingerprint density at radius 3 is 2.33 bits per heavy atom. The molecule has 0 N–H and O–H groups in total. The van der Waals surface area contributed by atoms with E-state index in [0.29, 0.717) is 5.92 Å². The monoisotopic (exact) mass is 353 g/mol. The summed E-state index contributed by atoms with van der Waals surface area (Å²) in [6, 6.07) is 4.42. The summed E-state index contributed by atoms with van der Waals surface area (Å²) in [5.41, 5.74) is 6.12. The summed E-state index contributed by atoms with van der Waals surface area (Å²) in [4.78, 5) is 0. The third-order valence-corrected chi connectivity index (χ3v) is 4.56. The van der Waals surface area contributed by atoms with E-state index in [1.807, 2.05) is 0 Å². The summed E-state index contributed by atoms with van der Waals surface area (Å²) in [7, 11) is 0. The van der Waals surface area contributed by atoms with Gasteiger partial charge in [0.25, 0.3) is 0 Å². The van der Waals surface area contributed by atoms with E-state index in [1.54, 1.807) is 0 Å². The molecule has 0 radical (unpaired) electrons. The number of halogens is 1. The molecule has 1 heterocycles. The molecular formula is C15H16INO. The van der Waals surface area contributed by atoms with Crippen LogP contribution in [0.5, 0.6) is 0 Å². The van der Waals surface area contributed by atoms with Crippen molar-refractivity contribution in [1.82, 2.24) is 5.16 Å². The van der Waals surface area contributed by atoms with Gasteiger partial charge < -0.3 is 4.52 Å². The molecule has 1 aromatic carbocycles. The molecule has 0 bridgehead atoms. The van der Waals surface area contributed by atoms with Crippen molar-refractivity contribution in [3.05, 3.63) is 38.2 Å². The first kappa shape index (κ1) is 12.2. The molecule has 1 saturated carbocycles. The zero-order chi connectivity index (χ0) is 12.9. The molecule has 0 unspecified atom stereocenters. The fourth-order valence-corrected chi connectivity index (χ4v) is 3.51. The molecule has 1 aliphatic rings. The molecule has 94 valence electrons. The maximum absolute atomic E-state index is 5.56. The van der Waals surface area contributed by atoms with Gasteiger partial charge in [0.15, 0.2) is 5.76 Å². The van der Waals surface area contributed by atoms with Crippen molar-refractivity contribution in [3.63, 3.8) is 0 Å². The van der Waals surface area contributed by atoms with Crippen LogP contribution in [0.15, 0.2) is 16.7 Å². The minimum atomic E-state index is 0.615. The molecule has 2 nitrogen and oxygen atoms in total. The number of hydrogen-bond acceptors (Lipinski definition) is 2. The normalized spacial score (nSPS) is 15.1. The van der Waals surface area contributed by atoms with Gasteiger partial charge in [-0.3, -0.25) is 0 Å². The van der Waals surface area contributed by atoms with Gasteiger partial charge in [-0.25, -0.2) is 0 Å². The van der Waals surface area contributed by atoms with Crippen molar-refractivity contribution in [2.24, 2.45) is 0 Å². The number of hydrogen-bond donors (Lipinski definition) is 0. The maximum atomic E-state index is 5.56. The van der Waals surface area contributed by atoms with E-state index in [9.17, 15) is 0 Å². The SMILES string of the molecule is Cc1cc(C)c(-c2noc(C3CC3)c2I)c(C)c1. The van der Waals surface area contributed by atoms with E-state index >= 15 is 0 Å². The quantitative estimate of drug-likeness (QED) is 0.729. The van der Waals surface area contributed by atoms with Crippen LogP contribution >= 0.6 is 22.6 Å². The Morgan fingerprint density at radius 1 is 1.17 bits per heavy atom. The predicted octanol–water partition coefficient (Wildman–Crippen LogP) is 4.75. The van der Waals surface area contributed by atoms with Gasteiger partial charge in [0.2, 0.25) is 0 Å². The average molecular weight is 353 g/mol. The van der Waals surface area contributed by atoms with Crippen LogP contribution in [0.3, 0.4) is 0 Å². The molecule has 0 aliphatic heterocycles. The standard InChI is InChI=1S/C15H16INO/c1-8-6-9(2)12(10(3)7-8)14-13(16)15(18-17-14)11-4-5-11/h6-7,11H,4-5H2,1-3H3. The van der Waals surface area contributed by atoms with E-state index in [-0.39, 0.29) is 0 Å². The molecule has 0 spiro atoms. The molecule has 1 aromatic heterocycles. The first-order valence-corrected chi connectivity index (χ1v) is 7.39. The second-order valence-corrected chi connectivity index (χ2v) is 6.34. The molecule has 1 fully saturated rings. The topological polar surface area (TPSA) is 26.0 Å².